The van der Waals surface area contributed by atoms with E-state index in [1.54, 1.807) is 18.5 Å². The van der Waals surface area contributed by atoms with Crippen LogP contribution in [0.3, 0.4) is 0 Å². The molecule has 0 spiro atoms. The number of rotatable bonds is 8. The van der Waals surface area contributed by atoms with E-state index < -0.39 is 0 Å². The standard InChI is InChI=1S/C19H24N8OS2/c1-29-19-24-16(26-9-3-2-4-10-26)14-12-23-27(17(14)25-19)11-8-20-15(28)13-30-18-21-6-5-7-22-18/h5-7,12H,2-4,8-11,13H2,1H3,(H,20,28). The van der Waals surface area contributed by atoms with E-state index in [-0.39, 0.29) is 11.7 Å². The van der Waals surface area contributed by atoms with Gasteiger partial charge in [-0.15, -0.1) is 0 Å². The molecular weight excluding hydrogens is 420 g/mol. The lowest BCUT2D eigenvalue weighted by atomic mass is 10.1. The van der Waals surface area contributed by atoms with Crippen LogP contribution >= 0.6 is 23.5 Å². The zero-order chi connectivity index (χ0) is 20.8. The Labute approximate surface area is 183 Å². The van der Waals surface area contributed by atoms with Crippen molar-refractivity contribution in [3.05, 3.63) is 24.7 Å². The molecule has 0 atom stereocenters. The Balaban J connectivity index is 1.40. The maximum Gasteiger partial charge on any atom is 0.230 e. The number of piperidine rings is 1. The van der Waals surface area contributed by atoms with Crippen LogP contribution in [0.5, 0.6) is 0 Å². The second kappa shape index (κ2) is 10.1. The van der Waals surface area contributed by atoms with E-state index in [2.05, 4.69) is 30.3 Å². The number of nitrogens with one attached hydrogen (secondary N) is 1. The Morgan fingerprint density at radius 2 is 1.93 bits per heavy atom. The number of fused-ring (bicyclic) bond motifs is 1. The first kappa shape index (κ1) is 20.9. The quantitative estimate of drug-likeness (QED) is 0.414. The fraction of sp³-hybridized carbons (Fsp3) is 0.474. The number of carbonyl (C=O) groups is 1. The summed E-state index contributed by atoms with van der Waals surface area (Å²) in [6.45, 7) is 3.06. The lowest BCUT2D eigenvalue weighted by Crippen LogP contribution is -2.30. The van der Waals surface area contributed by atoms with Crippen molar-refractivity contribution in [1.29, 1.82) is 0 Å². The zero-order valence-corrected chi connectivity index (χ0v) is 18.5. The molecule has 3 aromatic rings. The van der Waals surface area contributed by atoms with Crippen LogP contribution in [0.15, 0.2) is 35.0 Å². The van der Waals surface area contributed by atoms with Crippen LogP contribution in [-0.4, -0.2) is 67.3 Å². The van der Waals surface area contributed by atoms with Crippen LogP contribution in [0.4, 0.5) is 5.82 Å². The van der Waals surface area contributed by atoms with Crippen LogP contribution in [0.25, 0.3) is 11.0 Å². The fourth-order valence-electron chi connectivity index (χ4n) is 3.36. The van der Waals surface area contributed by atoms with Crippen molar-refractivity contribution < 1.29 is 4.79 Å². The number of thioether (sulfide) groups is 2. The van der Waals surface area contributed by atoms with Gasteiger partial charge in [0.25, 0.3) is 0 Å². The summed E-state index contributed by atoms with van der Waals surface area (Å²) < 4.78 is 1.85. The van der Waals surface area contributed by atoms with Gasteiger partial charge in [0, 0.05) is 32.0 Å². The normalized spacial score (nSPS) is 14.2. The number of aromatic nitrogens is 6. The van der Waals surface area contributed by atoms with Crippen LogP contribution in [-0.2, 0) is 11.3 Å². The monoisotopic (exact) mass is 444 g/mol. The highest BCUT2D eigenvalue weighted by atomic mass is 32.2. The van der Waals surface area contributed by atoms with Gasteiger partial charge in [0.05, 0.1) is 23.9 Å². The molecule has 0 radical (unpaired) electrons. The SMILES string of the molecule is CSc1nc(N2CCCCC2)c2cnn(CCNC(=O)CSc3ncccn3)c2n1. The molecule has 0 unspecified atom stereocenters. The predicted octanol–water partition coefficient (Wildman–Crippen LogP) is 2.24. The van der Waals surface area contributed by atoms with Crippen molar-refractivity contribution in [3.8, 4) is 0 Å². The van der Waals surface area contributed by atoms with Crippen LogP contribution in [0, 0.1) is 0 Å². The number of hydrogen-bond donors (Lipinski definition) is 1. The molecule has 0 aromatic carbocycles. The zero-order valence-electron chi connectivity index (χ0n) is 16.8. The Hall–Kier alpha value is -2.40. The third kappa shape index (κ3) is 5.01. The van der Waals surface area contributed by atoms with E-state index in [0.717, 1.165) is 35.1 Å². The molecule has 1 N–H and O–H groups in total. The fourth-order valence-corrected chi connectivity index (χ4v) is 4.35. The molecule has 1 amide bonds. The Morgan fingerprint density at radius 1 is 1.13 bits per heavy atom. The van der Waals surface area contributed by atoms with Gasteiger partial charge in [0.2, 0.25) is 5.91 Å². The van der Waals surface area contributed by atoms with Gasteiger partial charge in [-0.05, 0) is 31.6 Å². The van der Waals surface area contributed by atoms with Crippen molar-refractivity contribution in [2.75, 3.05) is 36.5 Å². The average Bonchev–Trinajstić information content (AvgIpc) is 3.21. The van der Waals surface area contributed by atoms with Gasteiger partial charge in [-0.2, -0.15) is 5.10 Å². The van der Waals surface area contributed by atoms with Crippen LogP contribution < -0.4 is 10.2 Å². The summed E-state index contributed by atoms with van der Waals surface area (Å²) in [4.78, 5) is 32.1. The highest BCUT2D eigenvalue weighted by Crippen LogP contribution is 2.28. The largest absolute Gasteiger partial charge is 0.356 e. The first-order chi connectivity index (χ1) is 14.7. The van der Waals surface area contributed by atoms with E-state index in [1.807, 2.05) is 17.1 Å². The number of carbonyl (C=O) groups excluding carboxylic acids is 1. The summed E-state index contributed by atoms with van der Waals surface area (Å²) in [5, 5.41) is 9.75. The van der Waals surface area contributed by atoms with Gasteiger partial charge in [0.1, 0.15) is 5.82 Å². The Bertz CT molecular complexity index is 991. The average molecular weight is 445 g/mol. The van der Waals surface area contributed by atoms with Crippen molar-refractivity contribution in [2.24, 2.45) is 0 Å². The topological polar surface area (TPSA) is 102 Å². The van der Waals surface area contributed by atoms with Crippen molar-refractivity contribution in [1.82, 2.24) is 35.0 Å². The van der Waals surface area contributed by atoms with Gasteiger partial charge in [-0.1, -0.05) is 23.5 Å². The van der Waals surface area contributed by atoms with E-state index in [9.17, 15) is 4.79 Å². The molecule has 3 aromatic heterocycles. The lowest BCUT2D eigenvalue weighted by molar-refractivity contribution is -0.118. The molecule has 4 rings (SSSR count). The lowest BCUT2D eigenvalue weighted by Gasteiger charge is -2.28. The minimum atomic E-state index is -0.0580. The summed E-state index contributed by atoms with van der Waals surface area (Å²) in [6, 6.07) is 1.75. The number of amides is 1. The third-order valence-corrected chi connectivity index (χ3v) is 6.24. The molecular formula is C19H24N8OS2. The van der Waals surface area contributed by atoms with Crippen molar-refractivity contribution in [2.45, 2.75) is 36.1 Å². The molecule has 1 aliphatic heterocycles. The Morgan fingerprint density at radius 3 is 2.70 bits per heavy atom. The van der Waals surface area contributed by atoms with Crippen molar-refractivity contribution >= 4 is 46.3 Å². The maximum atomic E-state index is 12.1. The van der Waals surface area contributed by atoms with Gasteiger partial charge in [-0.3, -0.25) is 4.79 Å². The van der Waals surface area contributed by atoms with Gasteiger partial charge in [-0.25, -0.2) is 24.6 Å². The van der Waals surface area contributed by atoms with Crippen LogP contribution in [0.1, 0.15) is 19.3 Å². The van der Waals surface area contributed by atoms with Gasteiger partial charge >= 0.3 is 0 Å². The first-order valence-corrected chi connectivity index (χ1v) is 12.1. The Kier molecular flexibility index (Phi) is 7.00. The maximum absolute atomic E-state index is 12.1. The smallest absolute Gasteiger partial charge is 0.230 e. The second-order valence-corrected chi connectivity index (χ2v) is 8.57. The number of nitrogens with zero attached hydrogens (tertiary/aromatic N) is 7. The molecule has 1 aliphatic rings. The summed E-state index contributed by atoms with van der Waals surface area (Å²) in [5.74, 6) is 1.19. The van der Waals surface area contributed by atoms with E-state index in [0.29, 0.717) is 18.2 Å². The highest BCUT2D eigenvalue weighted by molar-refractivity contribution is 7.99. The molecule has 11 heteroatoms. The van der Waals surface area contributed by atoms with Crippen LogP contribution in [0.2, 0.25) is 0 Å². The molecule has 4 heterocycles. The number of hydrogen-bond acceptors (Lipinski definition) is 9. The molecule has 0 aliphatic carbocycles. The summed E-state index contributed by atoms with van der Waals surface area (Å²) in [7, 11) is 0. The summed E-state index contributed by atoms with van der Waals surface area (Å²) >= 11 is 2.85. The molecule has 0 bridgehead atoms. The molecule has 158 valence electrons. The van der Waals surface area contributed by atoms with E-state index in [4.69, 9.17) is 4.98 Å². The van der Waals surface area contributed by atoms with Gasteiger partial charge < -0.3 is 10.2 Å². The molecule has 0 saturated carbocycles. The van der Waals surface area contributed by atoms with Gasteiger partial charge in [0.15, 0.2) is 16.0 Å². The molecule has 1 fully saturated rings. The van der Waals surface area contributed by atoms with Crippen molar-refractivity contribution in [3.63, 3.8) is 0 Å². The molecule has 30 heavy (non-hydrogen) atoms. The third-order valence-electron chi connectivity index (χ3n) is 4.81. The van der Waals surface area contributed by atoms with E-state index in [1.165, 1.54) is 42.8 Å². The molecule has 9 nitrogen and oxygen atoms in total. The minimum Gasteiger partial charge on any atom is -0.356 e. The highest BCUT2D eigenvalue weighted by Gasteiger charge is 2.19. The summed E-state index contributed by atoms with van der Waals surface area (Å²) in [5.41, 5.74) is 0.816. The first-order valence-electron chi connectivity index (χ1n) is 9.93. The second-order valence-electron chi connectivity index (χ2n) is 6.86. The summed E-state index contributed by atoms with van der Waals surface area (Å²) in [6.07, 6.45) is 10.8. The number of anilines is 1. The predicted molar refractivity (Wildman–Crippen MR) is 119 cm³/mol. The molecule has 1 saturated heterocycles. The minimum absolute atomic E-state index is 0.0580. The van der Waals surface area contributed by atoms with E-state index >= 15 is 0 Å².